The second kappa shape index (κ2) is 9.68. The highest BCUT2D eigenvalue weighted by atomic mass is 16.3. The minimum atomic E-state index is -0.884. The van der Waals surface area contributed by atoms with Crippen molar-refractivity contribution in [3.05, 3.63) is 35.9 Å². The number of amides is 1. The lowest BCUT2D eigenvalue weighted by atomic mass is 9.77. The summed E-state index contributed by atoms with van der Waals surface area (Å²) < 4.78 is 0. The van der Waals surface area contributed by atoms with Crippen molar-refractivity contribution in [1.82, 2.24) is 5.32 Å². The molecule has 4 N–H and O–H groups in total. The fourth-order valence-electron chi connectivity index (χ4n) is 3.55. The van der Waals surface area contributed by atoms with Crippen LogP contribution in [0.1, 0.15) is 51.0 Å². The van der Waals surface area contributed by atoms with Gasteiger partial charge >= 0.3 is 0 Å². The molecule has 1 fully saturated rings. The Hall–Kier alpha value is -1.72. The van der Waals surface area contributed by atoms with Crippen molar-refractivity contribution in [3.63, 3.8) is 0 Å². The number of nitrogens with one attached hydrogen (secondary N) is 1. The van der Waals surface area contributed by atoms with Crippen molar-refractivity contribution in [2.75, 3.05) is 0 Å². The van der Waals surface area contributed by atoms with Crippen LogP contribution in [0.15, 0.2) is 30.3 Å². The molecule has 1 aromatic rings. The van der Waals surface area contributed by atoms with E-state index in [1.807, 2.05) is 25.1 Å². The molecule has 0 saturated heterocycles. The van der Waals surface area contributed by atoms with Gasteiger partial charge in [0.05, 0.1) is 12.1 Å². The van der Waals surface area contributed by atoms with E-state index in [1.165, 1.54) is 5.56 Å². The molecule has 5 heteroatoms. The van der Waals surface area contributed by atoms with Gasteiger partial charge in [0.1, 0.15) is 5.78 Å². The molecule has 0 aliphatic heterocycles. The SMILES string of the molecule is CCCC(=O)NC1CCC(C(=O)CCCc2ccccc2)C(O)C1N. The second-order valence-electron chi connectivity index (χ2n) is 6.98. The number of aliphatic hydroxyl groups is 1. The maximum atomic E-state index is 12.5. The van der Waals surface area contributed by atoms with Gasteiger partial charge in [-0.25, -0.2) is 0 Å². The zero-order chi connectivity index (χ0) is 18.2. The molecule has 1 amide bonds. The minimum Gasteiger partial charge on any atom is -0.391 e. The van der Waals surface area contributed by atoms with E-state index in [1.54, 1.807) is 0 Å². The number of benzene rings is 1. The minimum absolute atomic E-state index is 0.0391. The Morgan fingerprint density at radius 3 is 2.60 bits per heavy atom. The van der Waals surface area contributed by atoms with Gasteiger partial charge in [-0.3, -0.25) is 9.59 Å². The van der Waals surface area contributed by atoms with E-state index in [9.17, 15) is 14.7 Å². The van der Waals surface area contributed by atoms with Crippen molar-refractivity contribution in [1.29, 1.82) is 0 Å². The van der Waals surface area contributed by atoms with Crippen LogP contribution in [-0.2, 0) is 16.0 Å². The standard InChI is InChI=1S/C20H30N2O3/c1-2-7-18(24)22-16-13-12-15(20(25)19(16)21)17(23)11-6-10-14-8-4-3-5-9-14/h3-5,8-9,15-16,19-20,25H,2,6-7,10-13,21H2,1H3,(H,22,24). The highest BCUT2D eigenvalue weighted by Crippen LogP contribution is 2.27. The van der Waals surface area contributed by atoms with Crippen LogP contribution >= 0.6 is 0 Å². The quantitative estimate of drug-likeness (QED) is 0.671. The smallest absolute Gasteiger partial charge is 0.220 e. The van der Waals surface area contributed by atoms with Gasteiger partial charge in [0, 0.05) is 24.8 Å². The molecule has 1 aliphatic rings. The molecule has 0 heterocycles. The van der Waals surface area contributed by atoms with Crippen LogP contribution in [0, 0.1) is 5.92 Å². The topological polar surface area (TPSA) is 92.4 Å². The van der Waals surface area contributed by atoms with Crippen molar-refractivity contribution >= 4 is 11.7 Å². The molecule has 0 aromatic heterocycles. The van der Waals surface area contributed by atoms with E-state index in [2.05, 4.69) is 17.4 Å². The molecule has 4 unspecified atom stereocenters. The molecule has 0 bridgehead atoms. The van der Waals surface area contributed by atoms with Gasteiger partial charge < -0.3 is 16.2 Å². The number of carbonyl (C=O) groups is 2. The van der Waals surface area contributed by atoms with Gasteiger partial charge in [-0.15, -0.1) is 0 Å². The Bertz CT molecular complexity index is 561. The zero-order valence-electron chi connectivity index (χ0n) is 15.0. The first-order valence-electron chi connectivity index (χ1n) is 9.32. The average molecular weight is 346 g/mol. The fourth-order valence-corrected chi connectivity index (χ4v) is 3.55. The van der Waals surface area contributed by atoms with Crippen LogP contribution in [0.25, 0.3) is 0 Å². The van der Waals surface area contributed by atoms with Crippen LogP contribution in [0.3, 0.4) is 0 Å². The van der Waals surface area contributed by atoms with E-state index in [-0.39, 0.29) is 17.7 Å². The molecule has 0 radical (unpaired) electrons. The summed E-state index contributed by atoms with van der Waals surface area (Å²) in [5.74, 6) is -0.370. The lowest BCUT2D eigenvalue weighted by Gasteiger charge is -2.38. The Labute approximate surface area is 150 Å². The number of hydrogen-bond donors (Lipinski definition) is 3. The summed E-state index contributed by atoms with van der Waals surface area (Å²) in [6.07, 6.45) is 3.66. The summed E-state index contributed by atoms with van der Waals surface area (Å²) in [5, 5.41) is 13.3. The molecule has 0 spiro atoms. The third-order valence-electron chi connectivity index (χ3n) is 5.03. The Balaban J connectivity index is 1.80. The fraction of sp³-hybridized carbons (Fsp3) is 0.600. The van der Waals surface area contributed by atoms with Gasteiger partial charge in [-0.2, -0.15) is 0 Å². The summed E-state index contributed by atoms with van der Waals surface area (Å²) in [6.45, 7) is 1.94. The van der Waals surface area contributed by atoms with Gasteiger partial charge in [0.2, 0.25) is 5.91 Å². The van der Waals surface area contributed by atoms with Crippen LogP contribution in [0.4, 0.5) is 0 Å². The van der Waals surface area contributed by atoms with Gasteiger partial charge in [0.25, 0.3) is 0 Å². The van der Waals surface area contributed by atoms with E-state index in [0.29, 0.717) is 25.7 Å². The number of Topliss-reactive ketones (excluding diaryl/α,β-unsaturated/α-hetero) is 1. The van der Waals surface area contributed by atoms with Crippen molar-refractivity contribution in [2.24, 2.45) is 11.7 Å². The largest absolute Gasteiger partial charge is 0.391 e. The molecule has 1 saturated carbocycles. The molecule has 1 aromatic carbocycles. The van der Waals surface area contributed by atoms with Gasteiger partial charge in [-0.05, 0) is 37.7 Å². The number of carbonyl (C=O) groups excluding carboxylic acids is 2. The molecule has 4 atom stereocenters. The number of ketones is 1. The Kier molecular flexibility index (Phi) is 7.59. The summed E-state index contributed by atoms with van der Waals surface area (Å²) in [5.41, 5.74) is 7.32. The Morgan fingerprint density at radius 2 is 1.92 bits per heavy atom. The molecule has 1 aliphatic carbocycles. The van der Waals surface area contributed by atoms with Crippen LogP contribution in [-0.4, -0.2) is 35.0 Å². The first-order valence-corrected chi connectivity index (χ1v) is 9.32. The van der Waals surface area contributed by atoms with Crippen molar-refractivity contribution in [2.45, 2.75) is 70.1 Å². The summed E-state index contributed by atoms with van der Waals surface area (Å²) in [4.78, 5) is 24.2. The first-order chi connectivity index (χ1) is 12.0. The molecule has 2 rings (SSSR count). The van der Waals surface area contributed by atoms with Crippen LogP contribution < -0.4 is 11.1 Å². The van der Waals surface area contributed by atoms with Crippen molar-refractivity contribution in [3.8, 4) is 0 Å². The lowest BCUT2D eigenvalue weighted by molar-refractivity contribution is -0.129. The van der Waals surface area contributed by atoms with E-state index in [0.717, 1.165) is 19.3 Å². The normalized spacial score (nSPS) is 26.2. The summed E-state index contributed by atoms with van der Waals surface area (Å²) >= 11 is 0. The summed E-state index contributed by atoms with van der Waals surface area (Å²) in [6, 6.07) is 9.24. The zero-order valence-corrected chi connectivity index (χ0v) is 15.0. The maximum absolute atomic E-state index is 12.5. The second-order valence-corrected chi connectivity index (χ2v) is 6.98. The van der Waals surface area contributed by atoms with E-state index >= 15 is 0 Å². The number of aryl methyl sites for hydroxylation is 1. The molecule has 5 nitrogen and oxygen atoms in total. The monoisotopic (exact) mass is 346 g/mol. The van der Waals surface area contributed by atoms with Gasteiger partial charge in [-0.1, -0.05) is 37.3 Å². The highest BCUT2D eigenvalue weighted by molar-refractivity contribution is 5.82. The predicted molar refractivity (Wildman–Crippen MR) is 97.9 cm³/mol. The first kappa shape index (κ1) is 19.6. The third-order valence-corrected chi connectivity index (χ3v) is 5.03. The summed E-state index contributed by atoms with van der Waals surface area (Å²) in [7, 11) is 0. The number of hydrogen-bond acceptors (Lipinski definition) is 4. The molecule has 25 heavy (non-hydrogen) atoms. The molecular weight excluding hydrogens is 316 g/mol. The van der Waals surface area contributed by atoms with E-state index in [4.69, 9.17) is 5.73 Å². The third kappa shape index (κ3) is 5.65. The van der Waals surface area contributed by atoms with Crippen molar-refractivity contribution < 1.29 is 14.7 Å². The maximum Gasteiger partial charge on any atom is 0.220 e. The molecule has 138 valence electrons. The Morgan fingerprint density at radius 1 is 1.20 bits per heavy atom. The number of aliphatic hydroxyl groups excluding tert-OH is 1. The highest BCUT2D eigenvalue weighted by Gasteiger charge is 2.39. The number of rotatable bonds is 8. The van der Waals surface area contributed by atoms with Gasteiger partial charge in [0.15, 0.2) is 0 Å². The molecular formula is C20H30N2O3. The predicted octanol–water partition coefficient (Wildman–Crippen LogP) is 1.96. The van der Waals surface area contributed by atoms with Crippen LogP contribution in [0.5, 0.6) is 0 Å². The average Bonchev–Trinajstić information content (AvgIpc) is 2.60. The van der Waals surface area contributed by atoms with Crippen LogP contribution in [0.2, 0.25) is 0 Å². The number of nitrogens with two attached hydrogens (primary N) is 1. The lowest BCUT2D eigenvalue weighted by Crippen LogP contribution is -2.59. The van der Waals surface area contributed by atoms with E-state index < -0.39 is 18.1 Å².